The van der Waals surface area contributed by atoms with E-state index in [-0.39, 0.29) is 17.7 Å². The molecule has 0 radical (unpaired) electrons. The molecule has 20 heavy (non-hydrogen) atoms. The number of nitrogens with zero attached hydrogens (tertiary/aromatic N) is 1. The smallest absolute Gasteiger partial charge is 0.335 e. The number of carboxylic acid groups (broad SMARTS) is 1. The van der Waals surface area contributed by atoms with Gasteiger partial charge in [-0.1, -0.05) is 6.92 Å². The van der Waals surface area contributed by atoms with E-state index in [4.69, 9.17) is 10.8 Å². The van der Waals surface area contributed by atoms with E-state index in [9.17, 15) is 14.4 Å². The Morgan fingerprint density at radius 1 is 1.30 bits per heavy atom. The van der Waals surface area contributed by atoms with Crippen LogP contribution in [-0.4, -0.2) is 21.6 Å². The van der Waals surface area contributed by atoms with Crippen molar-refractivity contribution in [2.75, 3.05) is 0 Å². The summed E-state index contributed by atoms with van der Waals surface area (Å²) in [4.78, 5) is 34.1. The molecular formula is C14H14N2O4. The van der Waals surface area contributed by atoms with Crippen LogP contribution in [-0.2, 0) is 17.8 Å². The summed E-state index contributed by atoms with van der Waals surface area (Å²) in [5.41, 5.74) is 6.23. The zero-order chi connectivity index (χ0) is 14.9. The van der Waals surface area contributed by atoms with E-state index in [1.807, 2.05) is 6.92 Å². The monoisotopic (exact) mass is 274 g/mol. The van der Waals surface area contributed by atoms with Crippen LogP contribution in [0.15, 0.2) is 29.1 Å². The van der Waals surface area contributed by atoms with Crippen molar-refractivity contribution in [3.8, 4) is 0 Å². The number of carbonyl (C=O) groups is 2. The van der Waals surface area contributed by atoms with Crippen LogP contribution in [0.1, 0.15) is 22.8 Å². The Morgan fingerprint density at radius 2 is 2.00 bits per heavy atom. The molecule has 6 heteroatoms. The van der Waals surface area contributed by atoms with Gasteiger partial charge < -0.3 is 10.8 Å². The minimum atomic E-state index is -1.03. The van der Waals surface area contributed by atoms with Crippen LogP contribution in [0.2, 0.25) is 0 Å². The van der Waals surface area contributed by atoms with Crippen molar-refractivity contribution in [1.29, 1.82) is 0 Å². The molecule has 0 aliphatic rings. The topological polar surface area (TPSA) is 102 Å². The van der Waals surface area contributed by atoms with Gasteiger partial charge in [-0.25, -0.2) is 4.79 Å². The van der Waals surface area contributed by atoms with Gasteiger partial charge in [-0.05, 0) is 35.6 Å². The molecule has 1 amide bonds. The Morgan fingerprint density at radius 3 is 2.55 bits per heavy atom. The van der Waals surface area contributed by atoms with Crippen LogP contribution >= 0.6 is 0 Å². The summed E-state index contributed by atoms with van der Waals surface area (Å²) in [5, 5.41) is 9.69. The molecular weight excluding hydrogens is 260 g/mol. The van der Waals surface area contributed by atoms with Gasteiger partial charge in [0.1, 0.15) is 6.54 Å². The normalized spacial score (nSPS) is 10.7. The van der Waals surface area contributed by atoms with E-state index < -0.39 is 11.9 Å². The first kappa shape index (κ1) is 13.8. The van der Waals surface area contributed by atoms with E-state index in [1.165, 1.54) is 22.8 Å². The number of rotatable bonds is 4. The van der Waals surface area contributed by atoms with Crippen molar-refractivity contribution in [2.24, 2.45) is 5.73 Å². The van der Waals surface area contributed by atoms with Crippen LogP contribution in [0.5, 0.6) is 0 Å². The second-order valence-corrected chi connectivity index (χ2v) is 4.46. The zero-order valence-electron chi connectivity index (χ0n) is 10.9. The summed E-state index contributed by atoms with van der Waals surface area (Å²) >= 11 is 0. The first-order valence-corrected chi connectivity index (χ1v) is 6.12. The molecule has 0 atom stereocenters. The molecule has 0 saturated heterocycles. The number of hydrogen-bond donors (Lipinski definition) is 2. The average Bonchev–Trinajstić information content (AvgIpc) is 2.40. The van der Waals surface area contributed by atoms with Gasteiger partial charge in [-0.3, -0.25) is 14.2 Å². The highest BCUT2D eigenvalue weighted by Gasteiger charge is 2.13. The van der Waals surface area contributed by atoms with Crippen LogP contribution in [0.3, 0.4) is 0 Å². The minimum Gasteiger partial charge on any atom is -0.478 e. The largest absolute Gasteiger partial charge is 0.478 e. The fourth-order valence-electron chi connectivity index (χ4n) is 2.24. The predicted molar refractivity (Wildman–Crippen MR) is 73.7 cm³/mol. The number of aryl methyl sites for hydroxylation is 1. The molecule has 104 valence electrons. The Balaban J connectivity index is 2.86. The summed E-state index contributed by atoms with van der Waals surface area (Å²) in [5.74, 6) is -1.65. The SMILES string of the molecule is CCc1cc(C(=O)O)cc2ccc(=O)n(CC(N)=O)c12. The number of benzene rings is 1. The number of carboxylic acids is 1. The molecule has 3 N–H and O–H groups in total. The van der Waals surface area contributed by atoms with Gasteiger partial charge in [0.15, 0.2) is 0 Å². The lowest BCUT2D eigenvalue weighted by atomic mass is 10.0. The Bertz CT molecular complexity index is 762. The fraction of sp³-hybridized carbons (Fsp3) is 0.214. The van der Waals surface area contributed by atoms with Crippen LogP contribution < -0.4 is 11.3 Å². The maximum absolute atomic E-state index is 11.9. The number of carbonyl (C=O) groups excluding carboxylic acids is 1. The van der Waals surface area contributed by atoms with E-state index in [2.05, 4.69) is 0 Å². The van der Waals surface area contributed by atoms with Gasteiger partial charge >= 0.3 is 5.97 Å². The molecule has 1 aromatic heterocycles. The molecule has 0 bridgehead atoms. The van der Waals surface area contributed by atoms with Crippen LogP contribution in [0.4, 0.5) is 0 Å². The number of hydrogen-bond acceptors (Lipinski definition) is 3. The van der Waals surface area contributed by atoms with Crippen molar-refractivity contribution in [1.82, 2.24) is 4.57 Å². The van der Waals surface area contributed by atoms with E-state index in [0.717, 1.165) is 0 Å². The first-order valence-electron chi connectivity index (χ1n) is 6.12. The summed E-state index contributed by atoms with van der Waals surface area (Å²) in [6, 6.07) is 5.85. The molecule has 0 unspecified atom stereocenters. The maximum Gasteiger partial charge on any atom is 0.335 e. The molecule has 1 heterocycles. The number of pyridine rings is 1. The molecule has 6 nitrogen and oxygen atoms in total. The number of aromatic carboxylic acids is 1. The van der Waals surface area contributed by atoms with Crippen LogP contribution in [0.25, 0.3) is 10.9 Å². The van der Waals surface area contributed by atoms with Crippen molar-refractivity contribution in [3.05, 3.63) is 45.7 Å². The summed E-state index contributed by atoms with van der Waals surface area (Å²) in [6.45, 7) is 1.63. The molecule has 2 aromatic rings. The third kappa shape index (κ3) is 2.40. The van der Waals surface area contributed by atoms with Crippen molar-refractivity contribution in [2.45, 2.75) is 19.9 Å². The summed E-state index contributed by atoms with van der Waals surface area (Å²) in [7, 11) is 0. The van der Waals surface area contributed by atoms with Crippen molar-refractivity contribution < 1.29 is 14.7 Å². The Kier molecular flexibility index (Phi) is 3.56. The van der Waals surface area contributed by atoms with Gasteiger partial charge in [0, 0.05) is 6.07 Å². The Labute approximate surface area is 114 Å². The quantitative estimate of drug-likeness (QED) is 0.858. The Hall–Kier alpha value is -2.63. The summed E-state index contributed by atoms with van der Waals surface area (Å²) < 4.78 is 1.28. The lowest BCUT2D eigenvalue weighted by Gasteiger charge is -2.13. The molecule has 0 saturated carbocycles. The maximum atomic E-state index is 11.9. The lowest BCUT2D eigenvalue weighted by Crippen LogP contribution is -2.28. The van der Waals surface area contributed by atoms with E-state index >= 15 is 0 Å². The number of primary amides is 1. The van der Waals surface area contributed by atoms with Gasteiger partial charge in [-0.2, -0.15) is 0 Å². The fourth-order valence-corrected chi connectivity index (χ4v) is 2.24. The molecule has 0 spiro atoms. The lowest BCUT2D eigenvalue weighted by molar-refractivity contribution is -0.118. The second kappa shape index (κ2) is 5.16. The van der Waals surface area contributed by atoms with Crippen molar-refractivity contribution >= 4 is 22.8 Å². The molecule has 1 aromatic carbocycles. The number of fused-ring (bicyclic) bond motifs is 1. The highest BCUT2D eigenvalue weighted by Crippen LogP contribution is 2.21. The van der Waals surface area contributed by atoms with Gasteiger partial charge in [0.25, 0.3) is 5.56 Å². The zero-order valence-corrected chi connectivity index (χ0v) is 10.9. The van der Waals surface area contributed by atoms with Gasteiger partial charge in [0.2, 0.25) is 5.91 Å². The summed E-state index contributed by atoms with van der Waals surface area (Å²) in [6.07, 6.45) is 0.542. The van der Waals surface area contributed by atoms with Gasteiger partial charge in [0.05, 0.1) is 11.1 Å². The predicted octanol–water partition coefficient (Wildman–Crippen LogP) is 0.747. The first-order chi connectivity index (χ1) is 9.43. The average molecular weight is 274 g/mol. The third-order valence-corrected chi connectivity index (χ3v) is 3.10. The number of amides is 1. The molecule has 0 aliphatic heterocycles. The minimum absolute atomic E-state index is 0.152. The van der Waals surface area contributed by atoms with E-state index in [1.54, 1.807) is 6.07 Å². The highest BCUT2D eigenvalue weighted by molar-refractivity contribution is 5.95. The van der Waals surface area contributed by atoms with Crippen LogP contribution in [0, 0.1) is 0 Å². The van der Waals surface area contributed by atoms with E-state index in [0.29, 0.717) is 22.9 Å². The third-order valence-electron chi connectivity index (χ3n) is 3.10. The number of aromatic nitrogens is 1. The molecule has 0 fully saturated rings. The molecule has 2 rings (SSSR count). The molecule has 0 aliphatic carbocycles. The standard InChI is InChI=1S/C14H14N2O4/c1-2-8-5-10(14(19)20)6-9-3-4-12(18)16(13(8)9)7-11(15)17/h3-6H,2,7H2,1H3,(H2,15,17)(H,19,20). The van der Waals surface area contributed by atoms with Crippen molar-refractivity contribution in [3.63, 3.8) is 0 Å². The number of nitrogens with two attached hydrogens (primary N) is 1. The second-order valence-electron chi connectivity index (χ2n) is 4.46. The highest BCUT2D eigenvalue weighted by atomic mass is 16.4. The van der Waals surface area contributed by atoms with Gasteiger partial charge in [-0.15, -0.1) is 0 Å².